The highest BCUT2D eigenvalue weighted by Gasteiger charge is 1.97. The quantitative estimate of drug-likeness (QED) is 0.431. The summed E-state index contributed by atoms with van der Waals surface area (Å²) >= 11 is 0. The molecule has 1 rings (SSSR count). The molecular formula is C5H8N2O. The number of carbonyl (C=O) groups excluding carboxylic acids is 1. The molecule has 1 heterocycles. The van der Waals surface area contributed by atoms with Crippen LogP contribution in [0.15, 0.2) is 12.3 Å². The van der Waals surface area contributed by atoms with Crippen LogP contribution in [0.25, 0.3) is 0 Å². The minimum atomic E-state index is 0.0266. The van der Waals surface area contributed by atoms with Crippen LogP contribution < -0.4 is 10.6 Å². The first kappa shape index (κ1) is 5.31. The molecule has 2 N–H and O–H groups in total. The average molecular weight is 112 g/mol. The molecule has 0 atom stereocenters. The molecule has 1 aliphatic rings. The Morgan fingerprint density at radius 3 is 3.38 bits per heavy atom. The van der Waals surface area contributed by atoms with Gasteiger partial charge in [0.1, 0.15) is 0 Å². The third-order valence-electron chi connectivity index (χ3n) is 0.910. The number of hydrogen-bond donors (Lipinski definition) is 2. The zero-order valence-corrected chi connectivity index (χ0v) is 4.48. The normalized spacial score (nSPS) is 19.8. The summed E-state index contributed by atoms with van der Waals surface area (Å²) in [6.07, 6.45) is 3.52. The molecule has 0 aliphatic carbocycles. The molecule has 0 saturated carbocycles. The average Bonchev–Trinajstić information content (AvgIpc) is 1.94. The summed E-state index contributed by atoms with van der Waals surface area (Å²) < 4.78 is 0. The Morgan fingerprint density at radius 2 is 2.50 bits per heavy atom. The molecule has 0 aromatic heterocycles. The topological polar surface area (TPSA) is 41.1 Å². The van der Waals surface area contributed by atoms with E-state index in [1.165, 1.54) is 0 Å². The van der Waals surface area contributed by atoms with E-state index in [2.05, 4.69) is 10.6 Å². The van der Waals surface area contributed by atoms with E-state index in [1.54, 1.807) is 6.20 Å². The summed E-state index contributed by atoms with van der Waals surface area (Å²) in [4.78, 5) is 10.5. The van der Waals surface area contributed by atoms with Gasteiger partial charge in [-0.25, -0.2) is 0 Å². The van der Waals surface area contributed by atoms with Crippen LogP contribution in [0.3, 0.4) is 0 Å². The largest absolute Gasteiger partial charge is 0.332 e. The summed E-state index contributed by atoms with van der Waals surface area (Å²) in [6.45, 7) is 1.20. The maximum Gasteiger partial charge on any atom is 0.237 e. The van der Waals surface area contributed by atoms with Crippen LogP contribution in [-0.2, 0) is 4.79 Å². The van der Waals surface area contributed by atoms with Gasteiger partial charge >= 0.3 is 0 Å². The Morgan fingerprint density at radius 1 is 1.62 bits per heavy atom. The SMILES string of the molecule is O=C1CNCC=CN1. The van der Waals surface area contributed by atoms with Gasteiger partial charge in [0.05, 0.1) is 6.54 Å². The van der Waals surface area contributed by atoms with E-state index in [9.17, 15) is 4.79 Å². The van der Waals surface area contributed by atoms with Crippen molar-refractivity contribution in [2.45, 2.75) is 0 Å². The molecule has 0 bridgehead atoms. The fourth-order valence-electron chi connectivity index (χ4n) is 0.531. The second kappa shape index (κ2) is 2.47. The van der Waals surface area contributed by atoms with Gasteiger partial charge in [-0.1, -0.05) is 6.08 Å². The van der Waals surface area contributed by atoms with Crippen molar-refractivity contribution in [3.05, 3.63) is 12.3 Å². The van der Waals surface area contributed by atoms with Crippen LogP contribution in [0, 0.1) is 0 Å². The molecule has 3 nitrogen and oxygen atoms in total. The van der Waals surface area contributed by atoms with Crippen molar-refractivity contribution in [3.8, 4) is 0 Å². The Balaban J connectivity index is 2.41. The minimum Gasteiger partial charge on any atom is -0.332 e. The molecule has 1 amide bonds. The van der Waals surface area contributed by atoms with Crippen LogP contribution in [0.5, 0.6) is 0 Å². The monoisotopic (exact) mass is 112 g/mol. The highest BCUT2D eigenvalue weighted by Crippen LogP contribution is 1.73. The van der Waals surface area contributed by atoms with Gasteiger partial charge in [-0.15, -0.1) is 0 Å². The van der Waals surface area contributed by atoms with E-state index in [-0.39, 0.29) is 5.91 Å². The van der Waals surface area contributed by atoms with Crippen LogP contribution >= 0.6 is 0 Å². The van der Waals surface area contributed by atoms with Gasteiger partial charge in [0, 0.05) is 12.7 Å². The Labute approximate surface area is 47.8 Å². The van der Waals surface area contributed by atoms with Gasteiger partial charge in [0.2, 0.25) is 5.91 Å². The Kier molecular flexibility index (Phi) is 1.64. The highest BCUT2D eigenvalue weighted by atomic mass is 16.1. The van der Waals surface area contributed by atoms with Crippen molar-refractivity contribution < 1.29 is 4.79 Å². The number of rotatable bonds is 0. The van der Waals surface area contributed by atoms with Crippen LogP contribution in [0.2, 0.25) is 0 Å². The fraction of sp³-hybridized carbons (Fsp3) is 0.400. The van der Waals surface area contributed by atoms with Crippen molar-refractivity contribution in [1.82, 2.24) is 10.6 Å². The lowest BCUT2D eigenvalue weighted by Gasteiger charge is -1.92. The van der Waals surface area contributed by atoms with Crippen molar-refractivity contribution in [3.63, 3.8) is 0 Å². The Hall–Kier alpha value is -0.830. The van der Waals surface area contributed by atoms with Crippen LogP contribution in [0.1, 0.15) is 0 Å². The van der Waals surface area contributed by atoms with Gasteiger partial charge < -0.3 is 10.6 Å². The molecule has 0 aromatic rings. The second-order valence-electron chi connectivity index (χ2n) is 1.60. The number of hydrogen-bond acceptors (Lipinski definition) is 2. The predicted octanol–water partition coefficient (Wildman–Crippen LogP) is -0.780. The molecule has 0 unspecified atom stereocenters. The van der Waals surface area contributed by atoms with E-state index in [0.29, 0.717) is 6.54 Å². The van der Waals surface area contributed by atoms with Gasteiger partial charge in [-0.05, 0) is 0 Å². The lowest BCUT2D eigenvalue weighted by Crippen LogP contribution is -2.27. The third kappa shape index (κ3) is 1.35. The first-order chi connectivity index (χ1) is 3.89. The third-order valence-corrected chi connectivity index (χ3v) is 0.910. The van der Waals surface area contributed by atoms with Gasteiger partial charge in [0.25, 0.3) is 0 Å². The molecule has 0 spiro atoms. The van der Waals surface area contributed by atoms with Gasteiger partial charge in [0.15, 0.2) is 0 Å². The molecule has 0 saturated heterocycles. The smallest absolute Gasteiger partial charge is 0.237 e. The van der Waals surface area contributed by atoms with E-state index >= 15 is 0 Å². The fourth-order valence-corrected chi connectivity index (χ4v) is 0.531. The number of carbonyl (C=O) groups is 1. The zero-order valence-electron chi connectivity index (χ0n) is 4.48. The molecule has 0 fully saturated rings. The van der Waals surface area contributed by atoms with E-state index < -0.39 is 0 Å². The molecule has 1 aliphatic heterocycles. The zero-order chi connectivity index (χ0) is 5.82. The maximum absolute atomic E-state index is 10.5. The molecule has 8 heavy (non-hydrogen) atoms. The van der Waals surface area contributed by atoms with E-state index in [4.69, 9.17) is 0 Å². The standard InChI is InChI=1S/C5H8N2O/c8-5-4-6-2-1-3-7-5/h1,3,6H,2,4H2,(H,7,8). The molecule has 3 heteroatoms. The first-order valence-electron chi connectivity index (χ1n) is 2.55. The van der Waals surface area contributed by atoms with E-state index in [0.717, 1.165) is 6.54 Å². The van der Waals surface area contributed by atoms with Gasteiger partial charge in [-0.3, -0.25) is 4.79 Å². The molecular weight excluding hydrogens is 104 g/mol. The lowest BCUT2D eigenvalue weighted by molar-refractivity contribution is -0.119. The van der Waals surface area contributed by atoms with E-state index in [1.807, 2.05) is 6.08 Å². The summed E-state index contributed by atoms with van der Waals surface area (Å²) in [6, 6.07) is 0. The number of amides is 1. The summed E-state index contributed by atoms with van der Waals surface area (Å²) in [5, 5.41) is 5.46. The second-order valence-corrected chi connectivity index (χ2v) is 1.60. The lowest BCUT2D eigenvalue weighted by atomic mass is 10.6. The maximum atomic E-state index is 10.5. The Bertz CT molecular complexity index is 120. The van der Waals surface area contributed by atoms with Crippen LogP contribution in [-0.4, -0.2) is 19.0 Å². The van der Waals surface area contributed by atoms with Crippen LogP contribution in [0.4, 0.5) is 0 Å². The summed E-state index contributed by atoms with van der Waals surface area (Å²) in [5.41, 5.74) is 0. The molecule has 44 valence electrons. The van der Waals surface area contributed by atoms with Gasteiger partial charge in [-0.2, -0.15) is 0 Å². The summed E-state index contributed by atoms with van der Waals surface area (Å²) in [7, 11) is 0. The first-order valence-corrected chi connectivity index (χ1v) is 2.55. The van der Waals surface area contributed by atoms with Crippen molar-refractivity contribution in [2.75, 3.05) is 13.1 Å². The van der Waals surface area contributed by atoms with Crippen molar-refractivity contribution in [2.24, 2.45) is 0 Å². The van der Waals surface area contributed by atoms with Crippen molar-refractivity contribution in [1.29, 1.82) is 0 Å². The predicted molar refractivity (Wildman–Crippen MR) is 30.2 cm³/mol. The molecule has 0 aromatic carbocycles. The summed E-state index contributed by atoms with van der Waals surface area (Å²) in [5.74, 6) is 0.0266. The highest BCUT2D eigenvalue weighted by molar-refractivity contribution is 5.79. The van der Waals surface area contributed by atoms with Crippen molar-refractivity contribution >= 4 is 5.91 Å². The minimum absolute atomic E-state index is 0.0266. The molecule has 0 radical (unpaired) electrons. The number of nitrogens with one attached hydrogen (secondary N) is 2.